The van der Waals surface area contributed by atoms with Gasteiger partial charge in [0.05, 0.1) is 24.1 Å². The molecule has 1 aliphatic carbocycles. The van der Waals surface area contributed by atoms with E-state index in [4.69, 9.17) is 9.26 Å². The maximum absolute atomic E-state index is 5.84. The van der Waals surface area contributed by atoms with Crippen LogP contribution in [0.1, 0.15) is 49.1 Å². The highest BCUT2D eigenvalue weighted by molar-refractivity contribution is 5.40. The number of hydrogen-bond donors (Lipinski definition) is 1. The molecular formula is C17H24N4O2. The van der Waals surface area contributed by atoms with E-state index in [1.807, 2.05) is 30.9 Å². The number of nitrogens with zero attached hydrogens (tertiary/aromatic N) is 3. The molecule has 124 valence electrons. The summed E-state index contributed by atoms with van der Waals surface area (Å²) in [5.41, 5.74) is 3.04. The highest BCUT2D eigenvalue weighted by Crippen LogP contribution is 2.38. The van der Waals surface area contributed by atoms with Crippen molar-refractivity contribution in [3.05, 3.63) is 29.4 Å². The minimum absolute atomic E-state index is 0.162. The first-order chi connectivity index (χ1) is 11.2. The van der Waals surface area contributed by atoms with E-state index in [-0.39, 0.29) is 6.23 Å². The second kappa shape index (κ2) is 6.00. The zero-order chi connectivity index (χ0) is 15.8. The average molecular weight is 316 g/mol. The summed E-state index contributed by atoms with van der Waals surface area (Å²) in [6, 6.07) is 0. The normalized spacial score (nSPS) is 24.8. The Bertz CT molecular complexity index is 652. The van der Waals surface area contributed by atoms with Crippen molar-refractivity contribution in [2.45, 2.75) is 64.8 Å². The summed E-state index contributed by atoms with van der Waals surface area (Å²) >= 11 is 0. The van der Waals surface area contributed by atoms with Crippen LogP contribution in [0.15, 0.2) is 16.9 Å². The third kappa shape index (κ3) is 3.13. The second-order valence-corrected chi connectivity index (χ2v) is 6.79. The van der Waals surface area contributed by atoms with Gasteiger partial charge in [0.1, 0.15) is 11.9 Å². The standard InChI is InChI=1S/C17H24N4O2/c1-11-15(12(2)23-20-11)10-21-9-14(8-18-21)19-17-16(22-17)13-6-4-3-5-7-13/h8-9,13,16-17,19H,3-7,10H2,1-2H3. The van der Waals surface area contributed by atoms with Crippen molar-refractivity contribution in [1.82, 2.24) is 14.9 Å². The van der Waals surface area contributed by atoms with Crippen molar-refractivity contribution in [3.8, 4) is 0 Å². The Labute approximate surface area is 136 Å². The molecule has 2 aromatic rings. The largest absolute Gasteiger partial charge is 0.361 e. The van der Waals surface area contributed by atoms with E-state index in [0.717, 1.165) is 28.6 Å². The van der Waals surface area contributed by atoms with Gasteiger partial charge in [-0.2, -0.15) is 5.10 Å². The van der Waals surface area contributed by atoms with Gasteiger partial charge in [-0.1, -0.05) is 24.4 Å². The molecule has 3 heterocycles. The Kier molecular flexibility index (Phi) is 3.85. The van der Waals surface area contributed by atoms with Crippen LogP contribution in [-0.4, -0.2) is 27.3 Å². The smallest absolute Gasteiger partial charge is 0.155 e. The second-order valence-electron chi connectivity index (χ2n) is 6.79. The van der Waals surface area contributed by atoms with Gasteiger partial charge >= 0.3 is 0 Å². The van der Waals surface area contributed by atoms with Gasteiger partial charge < -0.3 is 14.6 Å². The van der Waals surface area contributed by atoms with Crippen LogP contribution in [0.2, 0.25) is 0 Å². The third-order valence-corrected chi connectivity index (χ3v) is 5.08. The van der Waals surface area contributed by atoms with Gasteiger partial charge in [-0.15, -0.1) is 0 Å². The molecule has 23 heavy (non-hydrogen) atoms. The summed E-state index contributed by atoms with van der Waals surface area (Å²) in [6.07, 6.45) is 11.1. The molecular weight excluding hydrogens is 292 g/mol. The van der Waals surface area contributed by atoms with Crippen molar-refractivity contribution >= 4 is 5.69 Å². The van der Waals surface area contributed by atoms with Gasteiger partial charge in [-0.05, 0) is 32.6 Å². The molecule has 1 N–H and O–H groups in total. The summed E-state index contributed by atoms with van der Waals surface area (Å²) in [4.78, 5) is 0. The molecule has 2 aromatic heterocycles. The lowest BCUT2D eigenvalue weighted by atomic mass is 9.87. The molecule has 0 bridgehead atoms. The number of hydrogen-bond acceptors (Lipinski definition) is 5. The topological polar surface area (TPSA) is 68.4 Å². The first-order valence-corrected chi connectivity index (χ1v) is 8.57. The van der Waals surface area contributed by atoms with Gasteiger partial charge in [0.25, 0.3) is 0 Å². The highest BCUT2D eigenvalue weighted by atomic mass is 16.6. The molecule has 6 nitrogen and oxygen atoms in total. The molecule has 0 spiro atoms. The lowest BCUT2D eigenvalue weighted by Gasteiger charge is -2.19. The van der Waals surface area contributed by atoms with E-state index in [9.17, 15) is 0 Å². The van der Waals surface area contributed by atoms with Crippen LogP contribution in [0.3, 0.4) is 0 Å². The van der Waals surface area contributed by atoms with Crippen LogP contribution in [-0.2, 0) is 11.3 Å². The number of aryl methyl sites for hydroxylation is 2. The highest BCUT2D eigenvalue weighted by Gasteiger charge is 2.45. The predicted octanol–water partition coefficient (Wildman–Crippen LogP) is 3.25. The van der Waals surface area contributed by atoms with Gasteiger partial charge in [-0.25, -0.2) is 0 Å². The fourth-order valence-electron chi connectivity index (χ4n) is 3.64. The Morgan fingerprint density at radius 3 is 2.83 bits per heavy atom. The summed E-state index contributed by atoms with van der Waals surface area (Å²) in [5.74, 6) is 1.59. The van der Waals surface area contributed by atoms with Gasteiger partial charge in [0.2, 0.25) is 0 Å². The lowest BCUT2D eigenvalue weighted by molar-refractivity contribution is 0.264. The quantitative estimate of drug-likeness (QED) is 0.858. The monoisotopic (exact) mass is 316 g/mol. The molecule has 1 aliphatic heterocycles. The third-order valence-electron chi connectivity index (χ3n) is 5.08. The van der Waals surface area contributed by atoms with Gasteiger partial charge in [0.15, 0.2) is 6.23 Å². The predicted molar refractivity (Wildman–Crippen MR) is 86.2 cm³/mol. The summed E-state index contributed by atoms with van der Waals surface area (Å²) in [5, 5.41) is 11.9. The molecule has 2 atom stereocenters. The first kappa shape index (κ1) is 14.8. The molecule has 4 rings (SSSR count). The van der Waals surface area contributed by atoms with Crippen LogP contribution < -0.4 is 5.32 Å². The fraction of sp³-hybridized carbons (Fsp3) is 0.647. The van der Waals surface area contributed by atoms with E-state index in [2.05, 4.69) is 15.6 Å². The number of ether oxygens (including phenoxy) is 1. The first-order valence-electron chi connectivity index (χ1n) is 8.57. The Morgan fingerprint density at radius 2 is 2.09 bits per heavy atom. The molecule has 6 heteroatoms. The molecule has 0 amide bonds. The minimum Gasteiger partial charge on any atom is -0.361 e. The van der Waals surface area contributed by atoms with Crippen molar-refractivity contribution in [1.29, 1.82) is 0 Å². The summed E-state index contributed by atoms with van der Waals surface area (Å²) in [6.45, 7) is 4.58. The molecule has 2 unspecified atom stereocenters. The molecule has 1 saturated carbocycles. The van der Waals surface area contributed by atoms with Crippen molar-refractivity contribution in [3.63, 3.8) is 0 Å². The lowest BCUT2D eigenvalue weighted by Crippen LogP contribution is -2.17. The molecule has 1 saturated heterocycles. The Morgan fingerprint density at radius 1 is 1.26 bits per heavy atom. The summed E-state index contributed by atoms with van der Waals surface area (Å²) < 4.78 is 13.0. The number of anilines is 1. The Hall–Kier alpha value is -1.82. The zero-order valence-corrected chi connectivity index (χ0v) is 13.8. The SMILES string of the molecule is Cc1noc(C)c1Cn1cc(NC2OC2C2CCCCC2)cn1. The van der Waals surface area contributed by atoms with E-state index < -0.39 is 0 Å². The van der Waals surface area contributed by atoms with Crippen LogP contribution in [0.5, 0.6) is 0 Å². The number of epoxide rings is 1. The minimum atomic E-state index is 0.162. The summed E-state index contributed by atoms with van der Waals surface area (Å²) in [7, 11) is 0. The van der Waals surface area contributed by atoms with E-state index >= 15 is 0 Å². The van der Waals surface area contributed by atoms with E-state index in [1.54, 1.807) is 0 Å². The fourth-order valence-corrected chi connectivity index (χ4v) is 3.64. The molecule has 0 radical (unpaired) electrons. The Balaban J connectivity index is 1.34. The number of aromatic nitrogens is 3. The molecule has 2 aliphatic rings. The molecule has 0 aromatic carbocycles. The van der Waals surface area contributed by atoms with Crippen LogP contribution in [0.4, 0.5) is 5.69 Å². The number of nitrogens with one attached hydrogen (secondary N) is 1. The van der Waals surface area contributed by atoms with Gasteiger partial charge in [-0.3, -0.25) is 4.68 Å². The average Bonchev–Trinajstić information content (AvgIpc) is 3.08. The van der Waals surface area contributed by atoms with Crippen molar-refractivity contribution in [2.24, 2.45) is 5.92 Å². The van der Waals surface area contributed by atoms with Crippen LogP contribution >= 0.6 is 0 Å². The maximum atomic E-state index is 5.84. The van der Waals surface area contributed by atoms with Crippen LogP contribution in [0, 0.1) is 19.8 Å². The zero-order valence-electron chi connectivity index (χ0n) is 13.8. The van der Waals surface area contributed by atoms with Crippen LogP contribution in [0.25, 0.3) is 0 Å². The van der Waals surface area contributed by atoms with Crippen molar-refractivity contribution in [2.75, 3.05) is 5.32 Å². The van der Waals surface area contributed by atoms with Gasteiger partial charge in [0, 0.05) is 11.8 Å². The van der Waals surface area contributed by atoms with Crippen molar-refractivity contribution < 1.29 is 9.26 Å². The maximum Gasteiger partial charge on any atom is 0.155 e. The van der Waals surface area contributed by atoms with E-state index in [0.29, 0.717) is 12.6 Å². The number of rotatable bonds is 5. The van der Waals surface area contributed by atoms with E-state index in [1.165, 1.54) is 32.1 Å². The molecule has 2 fully saturated rings.